The number of nitrogen functional groups attached to an aromatic ring is 1. The maximum absolute atomic E-state index is 13.3. The van der Waals surface area contributed by atoms with Crippen molar-refractivity contribution in [3.8, 4) is 5.75 Å². The number of rotatable bonds is 11. The Bertz CT molecular complexity index is 1060. The monoisotopic (exact) mass is 448 g/mol. The first kappa shape index (κ1) is 22.7. The molecule has 0 saturated heterocycles. The molecule has 12 heteroatoms. The zero-order chi connectivity index (χ0) is 22.3. The molecule has 0 aliphatic carbocycles. The zero-order valence-electron chi connectivity index (χ0n) is 17.3. The summed E-state index contributed by atoms with van der Waals surface area (Å²) in [6.07, 6.45) is 2.41. The third-order valence-corrected chi connectivity index (χ3v) is 5.67. The van der Waals surface area contributed by atoms with Crippen LogP contribution in [0.1, 0.15) is 13.8 Å². The summed E-state index contributed by atoms with van der Waals surface area (Å²) in [4.78, 5) is 19.9. The second-order valence-electron chi connectivity index (χ2n) is 6.85. The fourth-order valence-electron chi connectivity index (χ4n) is 2.66. The summed E-state index contributed by atoms with van der Waals surface area (Å²) in [6.45, 7) is 3.73. The van der Waals surface area contributed by atoms with Crippen molar-refractivity contribution in [1.82, 2.24) is 24.8 Å². The summed E-state index contributed by atoms with van der Waals surface area (Å²) in [5, 5.41) is 7.52. The van der Waals surface area contributed by atoms with Crippen LogP contribution < -0.4 is 15.3 Å². The van der Waals surface area contributed by atoms with Crippen LogP contribution in [-0.4, -0.2) is 51.3 Å². The Morgan fingerprint density at radius 2 is 2.03 bits per heavy atom. The van der Waals surface area contributed by atoms with Gasteiger partial charge < -0.3 is 19.7 Å². The number of nitrogens with one attached hydrogen (secondary N) is 1. The molecule has 1 unspecified atom stereocenters. The van der Waals surface area contributed by atoms with Crippen LogP contribution in [0.15, 0.2) is 42.9 Å². The van der Waals surface area contributed by atoms with E-state index in [2.05, 4.69) is 20.2 Å². The molecule has 31 heavy (non-hydrogen) atoms. The molecular formula is C19H25N6O5P. The third-order valence-electron chi connectivity index (χ3n) is 4.00. The van der Waals surface area contributed by atoms with E-state index >= 15 is 0 Å². The Morgan fingerprint density at radius 3 is 2.77 bits per heavy atom. The fraction of sp³-hybridized carbons (Fsp3) is 0.368. The van der Waals surface area contributed by atoms with E-state index in [9.17, 15) is 9.36 Å². The number of nitrogens with two attached hydrogens (primary N) is 1. The van der Waals surface area contributed by atoms with Crippen LogP contribution in [0.2, 0.25) is 0 Å². The van der Waals surface area contributed by atoms with Crippen molar-refractivity contribution in [2.45, 2.75) is 26.5 Å². The number of carbonyl (C=O) groups excluding carboxylic acids is 1. The maximum atomic E-state index is 13.3. The first-order chi connectivity index (χ1) is 14.9. The first-order valence-electron chi connectivity index (χ1n) is 9.64. The van der Waals surface area contributed by atoms with Crippen LogP contribution in [0, 0.1) is 0 Å². The van der Waals surface area contributed by atoms with E-state index in [0.717, 1.165) is 0 Å². The van der Waals surface area contributed by atoms with E-state index in [1.54, 1.807) is 49.0 Å². The van der Waals surface area contributed by atoms with Gasteiger partial charge >= 0.3 is 13.5 Å². The van der Waals surface area contributed by atoms with Crippen LogP contribution in [0.5, 0.6) is 5.75 Å². The van der Waals surface area contributed by atoms with Gasteiger partial charge in [0.25, 0.3) is 0 Å². The van der Waals surface area contributed by atoms with Crippen molar-refractivity contribution in [3.63, 3.8) is 0 Å². The van der Waals surface area contributed by atoms with Gasteiger partial charge in [-0.1, -0.05) is 18.2 Å². The molecule has 166 valence electrons. The molecule has 0 aliphatic rings. The molecule has 0 saturated carbocycles. The summed E-state index contributed by atoms with van der Waals surface area (Å²) < 4.78 is 31.2. The number of nitrogens with zero attached hydrogens (tertiary/aromatic N) is 4. The highest BCUT2D eigenvalue weighted by Crippen LogP contribution is 2.42. The average molecular weight is 448 g/mol. The molecule has 0 spiro atoms. The normalized spacial score (nSPS) is 13.3. The third kappa shape index (κ3) is 6.48. The van der Waals surface area contributed by atoms with Gasteiger partial charge in [0.1, 0.15) is 30.8 Å². The molecule has 0 fully saturated rings. The molecular weight excluding hydrogens is 423 g/mol. The topological polar surface area (TPSA) is 143 Å². The molecule has 0 aliphatic heterocycles. The van der Waals surface area contributed by atoms with E-state index < -0.39 is 13.5 Å². The first-order valence-corrected chi connectivity index (χ1v) is 11.5. The largest absolute Gasteiger partial charge is 0.462 e. The summed E-state index contributed by atoms with van der Waals surface area (Å²) in [7, 11) is -3.55. The maximum Gasteiger partial charge on any atom is 0.342 e. The predicted octanol–water partition coefficient (Wildman–Crippen LogP) is 2.20. The van der Waals surface area contributed by atoms with Gasteiger partial charge in [-0.2, -0.15) is 5.10 Å². The van der Waals surface area contributed by atoms with Gasteiger partial charge in [0, 0.05) is 0 Å². The summed E-state index contributed by atoms with van der Waals surface area (Å²) in [5.41, 5.74) is 6.39. The predicted molar refractivity (Wildman–Crippen MR) is 114 cm³/mol. The molecule has 3 rings (SSSR count). The number of hydrogen-bond donors (Lipinski definition) is 2. The van der Waals surface area contributed by atoms with E-state index in [1.165, 1.54) is 6.33 Å². The van der Waals surface area contributed by atoms with Gasteiger partial charge in [0.05, 0.1) is 30.8 Å². The number of hydrogen-bond acceptors (Lipinski definition) is 9. The van der Waals surface area contributed by atoms with Crippen molar-refractivity contribution in [3.05, 3.63) is 42.9 Å². The van der Waals surface area contributed by atoms with E-state index in [1.807, 2.05) is 6.07 Å². The lowest BCUT2D eigenvalue weighted by molar-refractivity contribution is -0.145. The highest BCUT2D eigenvalue weighted by atomic mass is 31.2. The van der Waals surface area contributed by atoms with E-state index in [0.29, 0.717) is 29.1 Å². The van der Waals surface area contributed by atoms with Crippen molar-refractivity contribution < 1.29 is 23.4 Å². The van der Waals surface area contributed by atoms with Crippen molar-refractivity contribution >= 4 is 30.3 Å². The van der Waals surface area contributed by atoms with Gasteiger partial charge in [-0.3, -0.25) is 9.36 Å². The van der Waals surface area contributed by atoms with Crippen LogP contribution in [0.25, 0.3) is 11.0 Å². The van der Waals surface area contributed by atoms with Crippen molar-refractivity contribution in [2.24, 2.45) is 0 Å². The number of carbonyl (C=O) groups is 1. The van der Waals surface area contributed by atoms with Crippen LogP contribution in [0.4, 0.5) is 5.82 Å². The number of fused-ring (bicyclic) bond motifs is 1. The van der Waals surface area contributed by atoms with E-state index in [4.69, 9.17) is 19.7 Å². The Balaban J connectivity index is 1.60. The molecule has 2 aromatic heterocycles. The molecule has 1 atom stereocenters. The van der Waals surface area contributed by atoms with Crippen LogP contribution in [0.3, 0.4) is 0 Å². The number of esters is 1. The summed E-state index contributed by atoms with van der Waals surface area (Å²) in [6, 6.07) is 8.65. The molecule has 0 radical (unpaired) electrons. The number of para-hydroxylation sites is 1. The van der Waals surface area contributed by atoms with Crippen LogP contribution in [-0.2, 0) is 25.4 Å². The van der Waals surface area contributed by atoms with E-state index in [-0.39, 0.29) is 25.6 Å². The number of ether oxygens (including phenoxy) is 2. The lowest BCUT2D eigenvalue weighted by Gasteiger charge is -2.20. The molecule has 2 heterocycles. The smallest absolute Gasteiger partial charge is 0.342 e. The highest BCUT2D eigenvalue weighted by Gasteiger charge is 2.26. The Morgan fingerprint density at radius 1 is 1.26 bits per heavy atom. The van der Waals surface area contributed by atoms with Gasteiger partial charge in [-0.15, -0.1) is 0 Å². The number of aromatic nitrogens is 4. The lowest BCUT2D eigenvalue weighted by Crippen LogP contribution is -2.28. The van der Waals surface area contributed by atoms with Gasteiger partial charge in [0.15, 0.2) is 5.65 Å². The molecule has 3 aromatic rings. The minimum atomic E-state index is -3.55. The standard InChI is InChI=1S/C19H25N6O5P/c1-14(2)29-17(26)11-24-31(27,30-15-6-4-3-5-7-15)13-28-9-8-25-19-16(10-23-25)18(20)21-12-22-19/h3-7,10,12,14H,8-9,11,13H2,1-2H3,(H,24,27)(H2,20,21,22). The molecule has 0 amide bonds. The minimum absolute atomic E-state index is 0.181. The van der Waals surface area contributed by atoms with Crippen molar-refractivity contribution in [1.29, 1.82) is 0 Å². The SMILES string of the molecule is CC(C)OC(=O)CNP(=O)(COCCn1ncc2c(N)ncnc21)Oc1ccccc1. The Labute approximate surface area is 179 Å². The van der Waals surface area contributed by atoms with Gasteiger partial charge in [0.2, 0.25) is 0 Å². The van der Waals surface area contributed by atoms with Gasteiger partial charge in [-0.25, -0.2) is 19.7 Å². The number of anilines is 1. The quantitative estimate of drug-likeness (QED) is 0.254. The minimum Gasteiger partial charge on any atom is -0.462 e. The lowest BCUT2D eigenvalue weighted by atomic mass is 10.3. The Kier molecular flexibility index (Phi) is 7.56. The van der Waals surface area contributed by atoms with Crippen LogP contribution >= 0.6 is 7.52 Å². The molecule has 11 nitrogen and oxygen atoms in total. The second kappa shape index (κ2) is 10.3. The summed E-state index contributed by atoms with van der Waals surface area (Å²) in [5.74, 6) is 0.201. The second-order valence-corrected chi connectivity index (χ2v) is 8.96. The molecule has 3 N–H and O–H groups in total. The fourth-order valence-corrected chi connectivity index (χ4v) is 4.07. The Hall–Kier alpha value is -3.01. The zero-order valence-corrected chi connectivity index (χ0v) is 18.2. The van der Waals surface area contributed by atoms with Gasteiger partial charge in [-0.05, 0) is 26.0 Å². The average Bonchev–Trinajstić information content (AvgIpc) is 3.15. The number of benzene rings is 1. The highest BCUT2D eigenvalue weighted by molar-refractivity contribution is 7.57. The molecule has 0 bridgehead atoms. The molecule has 1 aromatic carbocycles. The van der Waals surface area contributed by atoms with Crippen molar-refractivity contribution in [2.75, 3.05) is 25.2 Å². The summed E-state index contributed by atoms with van der Waals surface area (Å²) >= 11 is 0.